The maximum Gasteiger partial charge on any atom is 0.255 e. The molecule has 0 radical (unpaired) electrons. The van der Waals surface area contributed by atoms with E-state index < -0.39 is 5.92 Å². The molecule has 3 rings (SSSR count). The molecule has 1 aliphatic rings. The molecule has 3 heterocycles. The van der Waals surface area contributed by atoms with Gasteiger partial charge < -0.3 is 4.90 Å². The molecular weight excluding hydrogens is 278 g/mol. The van der Waals surface area contributed by atoms with Crippen LogP contribution >= 0.6 is 0 Å². The van der Waals surface area contributed by atoms with E-state index in [9.17, 15) is 13.6 Å². The second-order valence-corrected chi connectivity index (χ2v) is 5.00. The maximum atomic E-state index is 13.1. The molecule has 0 aliphatic carbocycles. The van der Waals surface area contributed by atoms with Gasteiger partial charge in [0.05, 0.1) is 5.56 Å². The number of rotatable bonds is 2. The molecule has 0 aromatic carbocycles. The number of nitrogens with zero attached hydrogens (tertiary/aromatic N) is 4. The molecule has 0 bridgehead atoms. The third-order valence-electron chi connectivity index (χ3n) is 3.52. The molecule has 1 fully saturated rings. The Hall–Kier alpha value is -2.31. The first-order chi connectivity index (χ1) is 10.1. The highest BCUT2D eigenvalue weighted by Crippen LogP contribution is 2.28. The Bertz CT molecular complexity index is 615. The number of carbonyl (C=O) groups is 1. The first-order valence-electron chi connectivity index (χ1n) is 6.68. The van der Waals surface area contributed by atoms with E-state index in [1.54, 1.807) is 35.3 Å². The molecule has 110 valence electrons. The molecule has 0 unspecified atom stereocenters. The molecule has 0 atom stereocenters. The summed E-state index contributed by atoms with van der Waals surface area (Å²) < 4.78 is 27.8. The average molecular weight is 292 g/mol. The minimum atomic E-state index is -2.65. The first-order valence-corrected chi connectivity index (χ1v) is 6.68. The molecule has 0 saturated carbocycles. The molecule has 1 saturated heterocycles. The molecule has 0 N–H and O–H groups in total. The predicted molar refractivity (Wildman–Crippen MR) is 71.4 cm³/mol. The summed E-state index contributed by atoms with van der Waals surface area (Å²) in [5.41, 5.74) is 0.399. The van der Waals surface area contributed by atoms with Crippen molar-refractivity contribution in [1.82, 2.24) is 19.7 Å². The van der Waals surface area contributed by atoms with Crippen LogP contribution in [0.3, 0.4) is 0 Å². The van der Waals surface area contributed by atoms with Crippen molar-refractivity contribution in [2.45, 2.75) is 18.8 Å². The average Bonchev–Trinajstić information content (AvgIpc) is 3.01. The lowest BCUT2D eigenvalue weighted by atomic mass is 10.1. The minimum Gasteiger partial charge on any atom is -0.338 e. The van der Waals surface area contributed by atoms with Crippen molar-refractivity contribution >= 4 is 5.91 Å². The molecule has 7 heteroatoms. The number of amides is 1. The lowest BCUT2D eigenvalue weighted by Crippen LogP contribution is -2.42. The zero-order valence-electron chi connectivity index (χ0n) is 11.2. The standard InChI is InChI=1S/C14H14F2N4O/c15-14(16)4-8-19(9-5-14)13(21)11-2-3-12(17-10-11)20-7-1-6-18-20/h1-3,6-7,10H,4-5,8-9H2. The van der Waals surface area contributed by atoms with Gasteiger partial charge in [0, 0.05) is 44.5 Å². The highest BCUT2D eigenvalue weighted by Gasteiger charge is 2.35. The van der Waals surface area contributed by atoms with Crippen LogP contribution in [0.2, 0.25) is 0 Å². The fraction of sp³-hybridized carbons (Fsp3) is 0.357. The number of pyridine rings is 1. The Kier molecular flexibility index (Phi) is 3.40. The second-order valence-electron chi connectivity index (χ2n) is 5.00. The van der Waals surface area contributed by atoms with Gasteiger partial charge in [0.2, 0.25) is 0 Å². The Labute approximate surface area is 120 Å². The molecule has 0 spiro atoms. The lowest BCUT2D eigenvalue weighted by Gasteiger charge is -2.31. The summed E-state index contributed by atoms with van der Waals surface area (Å²) in [6, 6.07) is 5.09. The van der Waals surface area contributed by atoms with Crippen LogP contribution in [0.4, 0.5) is 8.78 Å². The van der Waals surface area contributed by atoms with Gasteiger partial charge in [-0.1, -0.05) is 0 Å². The van der Waals surface area contributed by atoms with Crippen molar-refractivity contribution in [2.24, 2.45) is 0 Å². The van der Waals surface area contributed by atoms with E-state index in [4.69, 9.17) is 0 Å². The van der Waals surface area contributed by atoms with Gasteiger partial charge in [0.1, 0.15) is 0 Å². The van der Waals surface area contributed by atoms with Crippen LogP contribution in [-0.4, -0.2) is 44.6 Å². The van der Waals surface area contributed by atoms with Gasteiger partial charge in [0.15, 0.2) is 5.82 Å². The van der Waals surface area contributed by atoms with Crippen molar-refractivity contribution in [3.8, 4) is 5.82 Å². The van der Waals surface area contributed by atoms with Gasteiger partial charge in [-0.25, -0.2) is 18.4 Å². The Morgan fingerprint density at radius 3 is 2.57 bits per heavy atom. The van der Waals surface area contributed by atoms with E-state index >= 15 is 0 Å². The molecule has 1 aliphatic heterocycles. The third kappa shape index (κ3) is 2.91. The topological polar surface area (TPSA) is 51.0 Å². The summed E-state index contributed by atoms with van der Waals surface area (Å²) in [6.45, 7) is 0.152. The third-order valence-corrected chi connectivity index (χ3v) is 3.52. The number of aromatic nitrogens is 3. The first kappa shape index (κ1) is 13.7. The number of piperidine rings is 1. The smallest absolute Gasteiger partial charge is 0.255 e. The lowest BCUT2D eigenvalue weighted by molar-refractivity contribution is -0.0494. The normalized spacial score (nSPS) is 17.7. The highest BCUT2D eigenvalue weighted by molar-refractivity contribution is 5.94. The van der Waals surface area contributed by atoms with Crippen LogP contribution in [0, 0.1) is 0 Å². The van der Waals surface area contributed by atoms with Crippen molar-refractivity contribution in [3.05, 3.63) is 42.4 Å². The molecule has 1 amide bonds. The molecule has 5 nitrogen and oxygen atoms in total. The van der Waals surface area contributed by atoms with Crippen molar-refractivity contribution in [1.29, 1.82) is 0 Å². The fourth-order valence-corrected chi connectivity index (χ4v) is 2.27. The number of hydrogen-bond acceptors (Lipinski definition) is 3. The van der Waals surface area contributed by atoms with Gasteiger partial charge in [-0.05, 0) is 18.2 Å². The van der Waals surface area contributed by atoms with Gasteiger partial charge in [0.25, 0.3) is 11.8 Å². The summed E-state index contributed by atoms with van der Waals surface area (Å²) >= 11 is 0. The summed E-state index contributed by atoms with van der Waals surface area (Å²) in [4.78, 5) is 17.8. The van der Waals surface area contributed by atoms with E-state index in [1.165, 1.54) is 11.1 Å². The zero-order valence-corrected chi connectivity index (χ0v) is 11.2. The zero-order chi connectivity index (χ0) is 14.9. The SMILES string of the molecule is O=C(c1ccc(-n2cccn2)nc1)N1CCC(F)(F)CC1. The number of carbonyl (C=O) groups excluding carboxylic acids is 1. The van der Waals surface area contributed by atoms with Crippen LogP contribution in [0.15, 0.2) is 36.8 Å². The van der Waals surface area contributed by atoms with Crippen LogP contribution in [-0.2, 0) is 0 Å². The Balaban J connectivity index is 1.71. The number of alkyl halides is 2. The maximum absolute atomic E-state index is 13.1. The number of likely N-dealkylation sites (tertiary alicyclic amines) is 1. The van der Waals surface area contributed by atoms with E-state index in [0.717, 1.165) is 0 Å². The predicted octanol–water partition coefficient (Wildman–Crippen LogP) is 2.14. The van der Waals surface area contributed by atoms with E-state index in [2.05, 4.69) is 10.1 Å². The van der Waals surface area contributed by atoms with Crippen molar-refractivity contribution < 1.29 is 13.6 Å². The molecule has 2 aromatic heterocycles. The minimum absolute atomic E-state index is 0.0761. The quantitative estimate of drug-likeness (QED) is 0.852. The van der Waals surface area contributed by atoms with Gasteiger partial charge >= 0.3 is 0 Å². The Morgan fingerprint density at radius 1 is 1.24 bits per heavy atom. The fourth-order valence-electron chi connectivity index (χ4n) is 2.27. The monoisotopic (exact) mass is 292 g/mol. The highest BCUT2D eigenvalue weighted by atomic mass is 19.3. The Morgan fingerprint density at radius 2 is 2.00 bits per heavy atom. The molecular formula is C14H14F2N4O. The van der Waals surface area contributed by atoms with Crippen molar-refractivity contribution in [2.75, 3.05) is 13.1 Å². The molecule has 2 aromatic rings. The second kappa shape index (κ2) is 5.23. The van der Waals surface area contributed by atoms with E-state index in [-0.39, 0.29) is 31.8 Å². The van der Waals surface area contributed by atoms with Crippen LogP contribution < -0.4 is 0 Å². The van der Waals surface area contributed by atoms with Gasteiger partial charge in [-0.15, -0.1) is 0 Å². The van der Waals surface area contributed by atoms with E-state index in [1.807, 2.05) is 0 Å². The van der Waals surface area contributed by atoms with Crippen LogP contribution in [0.5, 0.6) is 0 Å². The van der Waals surface area contributed by atoms with Crippen molar-refractivity contribution in [3.63, 3.8) is 0 Å². The van der Waals surface area contributed by atoms with Crippen LogP contribution in [0.1, 0.15) is 23.2 Å². The van der Waals surface area contributed by atoms with E-state index in [0.29, 0.717) is 11.4 Å². The summed E-state index contributed by atoms with van der Waals surface area (Å²) in [5.74, 6) is -2.31. The number of hydrogen-bond donors (Lipinski definition) is 0. The van der Waals surface area contributed by atoms with Gasteiger partial charge in [-0.3, -0.25) is 4.79 Å². The molecule has 21 heavy (non-hydrogen) atoms. The van der Waals surface area contributed by atoms with Crippen LogP contribution in [0.25, 0.3) is 5.82 Å². The van der Waals surface area contributed by atoms with Gasteiger partial charge in [-0.2, -0.15) is 5.10 Å². The summed E-state index contributed by atoms with van der Waals surface area (Å²) in [7, 11) is 0. The number of halogens is 2. The summed E-state index contributed by atoms with van der Waals surface area (Å²) in [6.07, 6.45) is 4.27. The summed E-state index contributed by atoms with van der Waals surface area (Å²) in [5, 5.41) is 4.04. The largest absolute Gasteiger partial charge is 0.338 e.